The number of benzene rings is 3. The molecule has 7 nitrogen and oxygen atoms in total. The molecule has 0 bridgehead atoms. The van der Waals surface area contributed by atoms with Crippen molar-refractivity contribution < 1.29 is 28.9 Å². The lowest BCUT2D eigenvalue weighted by molar-refractivity contribution is -0.141. The highest BCUT2D eigenvalue weighted by Gasteiger charge is 2.35. The van der Waals surface area contributed by atoms with Crippen LogP contribution in [0.4, 0.5) is 4.79 Å². The molecule has 3 unspecified atom stereocenters. The highest BCUT2D eigenvalue weighted by atomic mass is 31.2. The minimum absolute atomic E-state index is 0.0197. The number of carboxylic acid groups (broad SMARTS) is 1. The van der Waals surface area contributed by atoms with Gasteiger partial charge in [0.2, 0.25) is 7.37 Å². The van der Waals surface area contributed by atoms with E-state index in [0.717, 1.165) is 22.3 Å². The molecule has 0 aromatic heterocycles. The van der Waals surface area contributed by atoms with Gasteiger partial charge in [-0.05, 0) is 35.6 Å². The number of nitrogens with one attached hydrogen (secondary N) is 1. The van der Waals surface area contributed by atoms with Gasteiger partial charge in [-0.3, -0.25) is 9.36 Å². The van der Waals surface area contributed by atoms with E-state index < -0.39 is 37.3 Å². The average molecular weight is 481 g/mol. The first kappa shape index (κ1) is 25.2. The molecule has 0 aliphatic carbocycles. The fourth-order valence-corrected chi connectivity index (χ4v) is 5.03. The fourth-order valence-electron chi connectivity index (χ4n) is 3.49. The summed E-state index contributed by atoms with van der Waals surface area (Å²) in [6, 6.07) is 26.2. The second-order valence-corrected chi connectivity index (χ2v) is 10.8. The van der Waals surface area contributed by atoms with Crippen LogP contribution in [-0.2, 0) is 27.1 Å². The molecule has 0 radical (unpaired) electrons. The number of amides is 1. The zero-order valence-electron chi connectivity index (χ0n) is 18.8. The average Bonchev–Trinajstić information content (AvgIpc) is 2.84. The Kier molecular flexibility index (Phi) is 8.63. The zero-order valence-corrected chi connectivity index (χ0v) is 19.7. The summed E-state index contributed by atoms with van der Waals surface area (Å²) in [6.07, 6.45) is -1.21. The standard InChI is InChI=1S/C26H28NO6P/c1-19(27-26(30)33-17-21-8-4-2-5-9-21)34(31,32)18-24(25(28)29)16-20-12-14-23(15-13-20)22-10-6-3-7-11-22/h2-15,19,24H,16-18H2,1H3,(H,27,30)(H,28,29)(H,31,32). The zero-order chi connectivity index (χ0) is 24.6. The number of hydrogen-bond acceptors (Lipinski definition) is 4. The van der Waals surface area contributed by atoms with Gasteiger partial charge in [0.05, 0.1) is 5.92 Å². The van der Waals surface area contributed by atoms with Crippen molar-refractivity contribution in [2.75, 3.05) is 6.16 Å². The molecule has 178 valence electrons. The van der Waals surface area contributed by atoms with Gasteiger partial charge in [0.15, 0.2) is 0 Å². The predicted octanol–water partition coefficient (Wildman–Crippen LogP) is 5.14. The number of carbonyl (C=O) groups is 2. The quantitative estimate of drug-likeness (QED) is 0.346. The van der Waals surface area contributed by atoms with Crippen LogP contribution >= 0.6 is 7.37 Å². The summed E-state index contributed by atoms with van der Waals surface area (Å²) >= 11 is 0. The minimum Gasteiger partial charge on any atom is -0.481 e. The molecular weight excluding hydrogens is 453 g/mol. The molecule has 0 aliphatic rings. The van der Waals surface area contributed by atoms with Crippen molar-refractivity contribution in [2.45, 2.75) is 25.7 Å². The van der Waals surface area contributed by atoms with Crippen LogP contribution in [0.3, 0.4) is 0 Å². The van der Waals surface area contributed by atoms with Crippen LogP contribution in [-0.4, -0.2) is 34.0 Å². The molecule has 0 aliphatic heterocycles. The van der Waals surface area contributed by atoms with Gasteiger partial charge in [0.1, 0.15) is 12.4 Å². The topological polar surface area (TPSA) is 113 Å². The van der Waals surface area contributed by atoms with Crippen molar-refractivity contribution in [1.82, 2.24) is 5.32 Å². The van der Waals surface area contributed by atoms with Crippen LogP contribution in [0.2, 0.25) is 0 Å². The Labute approximate surface area is 198 Å². The first-order valence-corrected chi connectivity index (χ1v) is 12.8. The van der Waals surface area contributed by atoms with E-state index in [2.05, 4.69) is 5.32 Å². The van der Waals surface area contributed by atoms with E-state index in [0.29, 0.717) is 0 Å². The van der Waals surface area contributed by atoms with Gasteiger partial charge in [0.25, 0.3) is 0 Å². The number of carboxylic acids is 1. The van der Waals surface area contributed by atoms with Crippen LogP contribution in [0.25, 0.3) is 11.1 Å². The monoisotopic (exact) mass is 481 g/mol. The summed E-state index contributed by atoms with van der Waals surface area (Å²) in [5, 5.41) is 12.0. The van der Waals surface area contributed by atoms with E-state index >= 15 is 0 Å². The molecule has 3 atom stereocenters. The number of rotatable bonds is 10. The van der Waals surface area contributed by atoms with Crippen molar-refractivity contribution >= 4 is 19.4 Å². The summed E-state index contributed by atoms with van der Waals surface area (Å²) in [6.45, 7) is 1.39. The summed E-state index contributed by atoms with van der Waals surface area (Å²) in [7, 11) is -4.03. The maximum atomic E-state index is 12.9. The lowest BCUT2D eigenvalue weighted by Crippen LogP contribution is -2.35. The van der Waals surface area contributed by atoms with Gasteiger partial charge < -0.3 is 20.1 Å². The Bertz CT molecular complexity index is 1130. The van der Waals surface area contributed by atoms with E-state index in [9.17, 15) is 24.2 Å². The van der Waals surface area contributed by atoms with Crippen LogP contribution in [0.15, 0.2) is 84.9 Å². The van der Waals surface area contributed by atoms with Crippen molar-refractivity contribution in [3.63, 3.8) is 0 Å². The molecule has 3 N–H and O–H groups in total. The van der Waals surface area contributed by atoms with Gasteiger partial charge in [-0.25, -0.2) is 4.79 Å². The maximum absolute atomic E-state index is 12.9. The Hall–Kier alpha value is -3.41. The molecule has 8 heteroatoms. The van der Waals surface area contributed by atoms with Gasteiger partial charge in [-0.2, -0.15) is 0 Å². The number of ether oxygens (including phenoxy) is 1. The van der Waals surface area contributed by atoms with Gasteiger partial charge >= 0.3 is 12.1 Å². The molecule has 0 heterocycles. The van der Waals surface area contributed by atoms with Gasteiger partial charge in [-0.1, -0.05) is 84.9 Å². The molecule has 0 saturated heterocycles. The second-order valence-electron chi connectivity index (χ2n) is 8.12. The highest BCUT2D eigenvalue weighted by molar-refractivity contribution is 7.58. The van der Waals surface area contributed by atoms with Crippen molar-refractivity contribution in [3.8, 4) is 11.1 Å². The fraction of sp³-hybridized carbons (Fsp3) is 0.231. The van der Waals surface area contributed by atoms with Crippen molar-refractivity contribution in [1.29, 1.82) is 0 Å². The van der Waals surface area contributed by atoms with E-state index in [1.54, 1.807) is 12.1 Å². The number of alkyl carbamates (subject to hydrolysis) is 1. The lowest BCUT2D eigenvalue weighted by atomic mass is 9.98. The highest BCUT2D eigenvalue weighted by Crippen LogP contribution is 2.47. The Morgan fingerprint density at radius 1 is 0.882 bits per heavy atom. The smallest absolute Gasteiger partial charge is 0.408 e. The maximum Gasteiger partial charge on any atom is 0.408 e. The van der Waals surface area contributed by atoms with E-state index in [-0.39, 0.29) is 13.0 Å². The summed E-state index contributed by atoms with van der Waals surface area (Å²) < 4.78 is 18.0. The summed E-state index contributed by atoms with van der Waals surface area (Å²) in [5.74, 6) is -3.40. The number of carbonyl (C=O) groups excluding carboxylic acids is 1. The number of hydrogen-bond donors (Lipinski definition) is 3. The molecule has 34 heavy (non-hydrogen) atoms. The third-order valence-electron chi connectivity index (χ3n) is 5.52. The van der Waals surface area contributed by atoms with Crippen molar-refractivity contribution in [3.05, 3.63) is 96.1 Å². The summed E-state index contributed by atoms with van der Waals surface area (Å²) in [4.78, 5) is 34.4. The molecule has 1 amide bonds. The second kappa shape index (κ2) is 11.6. The molecular formula is C26H28NO6P. The normalized spacial score (nSPS) is 14.4. The molecule has 0 saturated carbocycles. The van der Waals surface area contributed by atoms with E-state index in [1.165, 1.54) is 6.92 Å². The molecule has 3 aromatic carbocycles. The van der Waals surface area contributed by atoms with Crippen LogP contribution in [0.5, 0.6) is 0 Å². The first-order chi connectivity index (χ1) is 16.2. The third-order valence-corrected chi connectivity index (χ3v) is 7.82. The van der Waals surface area contributed by atoms with Gasteiger partial charge in [-0.15, -0.1) is 0 Å². The Balaban J connectivity index is 1.58. The van der Waals surface area contributed by atoms with Gasteiger partial charge in [0, 0.05) is 6.16 Å². The molecule has 3 rings (SSSR count). The van der Waals surface area contributed by atoms with Crippen LogP contribution < -0.4 is 5.32 Å². The van der Waals surface area contributed by atoms with Crippen LogP contribution in [0.1, 0.15) is 18.1 Å². The molecule has 3 aromatic rings. The number of aliphatic carboxylic acids is 1. The first-order valence-electron chi connectivity index (χ1n) is 10.9. The lowest BCUT2D eigenvalue weighted by Gasteiger charge is -2.23. The van der Waals surface area contributed by atoms with E-state index in [4.69, 9.17) is 4.74 Å². The third kappa shape index (κ3) is 7.30. The molecule has 0 fully saturated rings. The minimum atomic E-state index is -4.03. The predicted molar refractivity (Wildman–Crippen MR) is 131 cm³/mol. The van der Waals surface area contributed by atoms with Crippen LogP contribution in [0, 0.1) is 5.92 Å². The Morgan fingerprint density at radius 3 is 2.03 bits per heavy atom. The largest absolute Gasteiger partial charge is 0.481 e. The molecule has 0 spiro atoms. The van der Waals surface area contributed by atoms with E-state index in [1.807, 2.05) is 72.8 Å². The Morgan fingerprint density at radius 2 is 1.44 bits per heavy atom. The summed E-state index contributed by atoms with van der Waals surface area (Å²) in [5.41, 5.74) is 3.57. The van der Waals surface area contributed by atoms with Crippen molar-refractivity contribution in [2.24, 2.45) is 5.92 Å². The SMILES string of the molecule is CC(NC(=O)OCc1ccccc1)P(=O)(O)CC(Cc1ccc(-c2ccccc2)cc1)C(=O)O.